The van der Waals surface area contributed by atoms with Crippen molar-refractivity contribution in [1.82, 2.24) is 0 Å². The van der Waals surface area contributed by atoms with Crippen LogP contribution in [0.5, 0.6) is 0 Å². The van der Waals surface area contributed by atoms with Gasteiger partial charge in [0.2, 0.25) is 0 Å². The first-order chi connectivity index (χ1) is 7.50. The number of rotatable bonds is 1. The van der Waals surface area contributed by atoms with Crippen LogP contribution in [0.25, 0.3) is 10.8 Å². The van der Waals surface area contributed by atoms with Crippen molar-refractivity contribution in [2.24, 2.45) is 0 Å². The molecule has 2 aromatic rings. The maximum atomic E-state index is 10.9. The summed E-state index contributed by atoms with van der Waals surface area (Å²) < 4.78 is 0. The van der Waals surface area contributed by atoms with Gasteiger partial charge in [0.15, 0.2) is 0 Å². The smallest absolute Gasteiger partial charge is 0.337 e. The molecule has 0 aromatic heterocycles. The largest absolute Gasteiger partial charge is 0.478 e. The summed E-state index contributed by atoms with van der Waals surface area (Å²) in [5.41, 5.74) is 0.0487. The molecule has 0 aliphatic carbocycles. The summed E-state index contributed by atoms with van der Waals surface area (Å²) in [5, 5.41) is 11.2. The number of benzene rings is 2. The van der Waals surface area contributed by atoms with Gasteiger partial charge in [-0.1, -0.05) is 40.9 Å². The van der Waals surface area contributed by atoms with E-state index in [1.807, 2.05) is 0 Å². The number of carboxylic acids is 1. The Balaban J connectivity index is 2.84. The van der Waals surface area contributed by atoms with E-state index in [1.54, 1.807) is 12.1 Å². The number of fused-ring (bicyclic) bond motifs is 1. The Morgan fingerprint density at radius 3 is 2.38 bits per heavy atom. The van der Waals surface area contributed by atoms with E-state index in [0.29, 0.717) is 20.8 Å². The minimum absolute atomic E-state index is 0.0487. The van der Waals surface area contributed by atoms with E-state index < -0.39 is 5.97 Å². The fraction of sp³-hybridized carbons (Fsp3) is 0. The lowest BCUT2D eigenvalue weighted by Crippen LogP contribution is -1.97. The summed E-state index contributed by atoms with van der Waals surface area (Å²) in [7, 11) is 0. The zero-order chi connectivity index (χ0) is 11.9. The van der Waals surface area contributed by atoms with Crippen LogP contribution in [0.3, 0.4) is 0 Å². The van der Waals surface area contributed by atoms with Gasteiger partial charge in [-0.25, -0.2) is 4.79 Å². The molecule has 0 atom stereocenters. The average molecular weight is 276 g/mol. The van der Waals surface area contributed by atoms with Crippen LogP contribution in [-0.2, 0) is 0 Å². The van der Waals surface area contributed by atoms with Crippen molar-refractivity contribution in [1.29, 1.82) is 0 Å². The van der Waals surface area contributed by atoms with E-state index >= 15 is 0 Å². The van der Waals surface area contributed by atoms with E-state index in [0.717, 1.165) is 0 Å². The molecule has 2 nitrogen and oxygen atoms in total. The monoisotopic (exact) mass is 274 g/mol. The molecule has 0 radical (unpaired) electrons. The maximum Gasteiger partial charge on any atom is 0.337 e. The molecular weight excluding hydrogens is 270 g/mol. The van der Waals surface area contributed by atoms with Gasteiger partial charge >= 0.3 is 5.97 Å². The second-order valence-corrected chi connectivity index (χ2v) is 4.41. The highest BCUT2D eigenvalue weighted by atomic mass is 35.5. The van der Waals surface area contributed by atoms with E-state index in [-0.39, 0.29) is 10.6 Å². The molecular formula is C11H5Cl3O2. The zero-order valence-corrected chi connectivity index (χ0v) is 10.1. The molecule has 0 heterocycles. The third-order valence-corrected chi connectivity index (χ3v) is 3.36. The van der Waals surface area contributed by atoms with Crippen LogP contribution >= 0.6 is 34.8 Å². The van der Waals surface area contributed by atoms with Crippen LogP contribution in [0.2, 0.25) is 15.1 Å². The quantitative estimate of drug-likeness (QED) is 0.832. The first-order valence-corrected chi connectivity index (χ1v) is 5.44. The van der Waals surface area contributed by atoms with Crippen LogP contribution in [-0.4, -0.2) is 11.1 Å². The van der Waals surface area contributed by atoms with E-state index in [4.69, 9.17) is 39.9 Å². The third kappa shape index (κ3) is 1.84. The standard InChI is InChI=1S/C11H5Cl3O2/c12-8-2-1-5-3-7(11(15)16)9(13)4-6(5)10(8)14/h1-4H,(H,15,16). The number of aromatic carboxylic acids is 1. The molecule has 5 heteroatoms. The Labute approximate surface area is 106 Å². The van der Waals surface area contributed by atoms with E-state index in [9.17, 15) is 4.79 Å². The average Bonchev–Trinajstić information content (AvgIpc) is 2.23. The summed E-state index contributed by atoms with van der Waals surface area (Å²) in [6.07, 6.45) is 0. The molecule has 0 amide bonds. The zero-order valence-electron chi connectivity index (χ0n) is 7.80. The predicted molar refractivity (Wildman–Crippen MR) is 65.9 cm³/mol. The van der Waals surface area contributed by atoms with Crippen molar-refractivity contribution in [2.75, 3.05) is 0 Å². The fourth-order valence-electron chi connectivity index (χ4n) is 1.45. The molecule has 0 aliphatic rings. The van der Waals surface area contributed by atoms with Gasteiger partial charge in [0, 0.05) is 5.39 Å². The molecule has 0 saturated heterocycles. The minimum Gasteiger partial charge on any atom is -0.478 e. The highest BCUT2D eigenvalue weighted by Crippen LogP contribution is 2.33. The second kappa shape index (κ2) is 4.13. The van der Waals surface area contributed by atoms with Crippen LogP contribution in [0.1, 0.15) is 10.4 Å². The summed E-state index contributed by atoms with van der Waals surface area (Å²) >= 11 is 17.7. The molecule has 0 saturated carbocycles. The Bertz CT molecular complexity index is 593. The number of carbonyl (C=O) groups is 1. The van der Waals surface area contributed by atoms with Gasteiger partial charge in [0.25, 0.3) is 0 Å². The van der Waals surface area contributed by atoms with Gasteiger partial charge in [0.05, 0.1) is 20.6 Å². The summed E-state index contributed by atoms with van der Waals surface area (Å²) in [4.78, 5) is 10.9. The first-order valence-electron chi connectivity index (χ1n) is 4.31. The summed E-state index contributed by atoms with van der Waals surface area (Å²) in [6.45, 7) is 0. The molecule has 0 spiro atoms. The number of hydrogen-bond donors (Lipinski definition) is 1. The van der Waals surface area contributed by atoms with Crippen LogP contribution in [0.4, 0.5) is 0 Å². The highest BCUT2D eigenvalue weighted by molar-refractivity contribution is 6.45. The van der Waals surface area contributed by atoms with Crippen molar-refractivity contribution < 1.29 is 9.90 Å². The predicted octanol–water partition coefficient (Wildman–Crippen LogP) is 4.50. The molecule has 0 unspecified atom stereocenters. The highest BCUT2D eigenvalue weighted by Gasteiger charge is 2.12. The number of halogens is 3. The molecule has 2 rings (SSSR count). The van der Waals surface area contributed by atoms with Crippen LogP contribution in [0.15, 0.2) is 24.3 Å². The Hall–Kier alpha value is -0.960. The number of hydrogen-bond acceptors (Lipinski definition) is 1. The molecule has 16 heavy (non-hydrogen) atoms. The molecule has 1 N–H and O–H groups in total. The molecule has 0 bridgehead atoms. The maximum absolute atomic E-state index is 10.9. The lowest BCUT2D eigenvalue weighted by Gasteiger charge is -2.05. The summed E-state index contributed by atoms with van der Waals surface area (Å²) in [5.74, 6) is -1.07. The lowest BCUT2D eigenvalue weighted by atomic mass is 10.1. The van der Waals surface area contributed by atoms with Crippen LogP contribution < -0.4 is 0 Å². The van der Waals surface area contributed by atoms with E-state index in [1.165, 1.54) is 12.1 Å². The van der Waals surface area contributed by atoms with Gasteiger partial charge < -0.3 is 5.11 Å². The lowest BCUT2D eigenvalue weighted by molar-refractivity contribution is 0.0697. The van der Waals surface area contributed by atoms with Gasteiger partial charge in [-0.3, -0.25) is 0 Å². The second-order valence-electron chi connectivity index (χ2n) is 3.22. The normalized spacial score (nSPS) is 10.7. The van der Waals surface area contributed by atoms with Crippen LogP contribution in [0, 0.1) is 0 Å². The molecule has 0 aliphatic heterocycles. The molecule has 2 aromatic carbocycles. The van der Waals surface area contributed by atoms with Gasteiger partial charge in [-0.15, -0.1) is 0 Å². The summed E-state index contributed by atoms with van der Waals surface area (Å²) in [6, 6.07) is 6.30. The third-order valence-electron chi connectivity index (χ3n) is 2.22. The van der Waals surface area contributed by atoms with Crippen molar-refractivity contribution in [3.05, 3.63) is 44.9 Å². The Kier molecular flexibility index (Phi) is 2.98. The van der Waals surface area contributed by atoms with E-state index in [2.05, 4.69) is 0 Å². The minimum atomic E-state index is -1.07. The van der Waals surface area contributed by atoms with Crippen molar-refractivity contribution >= 4 is 51.5 Å². The van der Waals surface area contributed by atoms with Gasteiger partial charge in [-0.2, -0.15) is 0 Å². The van der Waals surface area contributed by atoms with Gasteiger partial charge in [-0.05, 0) is 23.6 Å². The topological polar surface area (TPSA) is 37.3 Å². The Morgan fingerprint density at radius 2 is 1.75 bits per heavy atom. The molecule has 82 valence electrons. The number of carboxylic acid groups (broad SMARTS) is 1. The molecule has 0 fully saturated rings. The van der Waals surface area contributed by atoms with Crippen molar-refractivity contribution in [3.63, 3.8) is 0 Å². The fourth-order valence-corrected chi connectivity index (χ4v) is 2.08. The first kappa shape index (κ1) is 11.5. The van der Waals surface area contributed by atoms with Crippen molar-refractivity contribution in [3.8, 4) is 0 Å². The SMILES string of the molecule is O=C(O)c1cc2ccc(Cl)c(Cl)c2cc1Cl. The van der Waals surface area contributed by atoms with Gasteiger partial charge in [0.1, 0.15) is 0 Å². The Morgan fingerprint density at radius 1 is 1.06 bits per heavy atom. The van der Waals surface area contributed by atoms with Crippen molar-refractivity contribution in [2.45, 2.75) is 0 Å².